The van der Waals surface area contributed by atoms with E-state index in [-0.39, 0.29) is 11.5 Å². The number of carbonyl (C=O) groups is 1. The number of rotatable bonds is 3. The Labute approximate surface area is 151 Å². The fourth-order valence-electron chi connectivity index (χ4n) is 3.49. The average Bonchev–Trinajstić information content (AvgIpc) is 3.23. The Hall–Kier alpha value is -2.77. The third kappa shape index (κ3) is 3.31. The van der Waals surface area contributed by atoms with Gasteiger partial charge in [0.2, 0.25) is 0 Å². The maximum atomic E-state index is 13.8. The molecule has 0 atom stereocenters. The predicted octanol–water partition coefficient (Wildman–Crippen LogP) is 1.57. The lowest BCUT2D eigenvalue weighted by molar-refractivity contribution is 0.0741. The van der Waals surface area contributed by atoms with E-state index in [1.54, 1.807) is 11.2 Å². The molecule has 136 valence electrons. The van der Waals surface area contributed by atoms with E-state index < -0.39 is 5.82 Å². The number of halogens is 1. The van der Waals surface area contributed by atoms with Crippen molar-refractivity contribution >= 4 is 17.5 Å². The monoisotopic (exact) mass is 356 g/mol. The molecule has 0 saturated carbocycles. The predicted molar refractivity (Wildman–Crippen MR) is 95.8 cm³/mol. The summed E-state index contributed by atoms with van der Waals surface area (Å²) in [6.07, 6.45) is 6.52. The zero-order valence-corrected chi connectivity index (χ0v) is 14.5. The highest BCUT2D eigenvalue weighted by molar-refractivity contribution is 5.94. The number of pyridine rings is 1. The van der Waals surface area contributed by atoms with E-state index in [4.69, 9.17) is 0 Å². The lowest BCUT2D eigenvalue weighted by atomic mass is 10.2. The summed E-state index contributed by atoms with van der Waals surface area (Å²) >= 11 is 0. The average molecular weight is 356 g/mol. The van der Waals surface area contributed by atoms with Gasteiger partial charge in [0.1, 0.15) is 18.0 Å². The van der Waals surface area contributed by atoms with Gasteiger partial charge in [-0.3, -0.25) is 9.78 Å². The molecule has 2 aromatic heterocycles. The molecule has 4 rings (SSSR count). The Kier molecular flexibility index (Phi) is 4.64. The zero-order valence-electron chi connectivity index (χ0n) is 14.5. The molecule has 2 aliphatic rings. The van der Waals surface area contributed by atoms with Gasteiger partial charge >= 0.3 is 0 Å². The number of amides is 1. The summed E-state index contributed by atoms with van der Waals surface area (Å²) < 4.78 is 13.8. The highest BCUT2D eigenvalue weighted by Crippen LogP contribution is 2.22. The fourth-order valence-corrected chi connectivity index (χ4v) is 3.49. The van der Waals surface area contributed by atoms with Crippen LogP contribution in [0.1, 0.15) is 23.2 Å². The van der Waals surface area contributed by atoms with Gasteiger partial charge in [0, 0.05) is 51.5 Å². The minimum absolute atomic E-state index is 0.0757. The molecule has 2 aromatic rings. The van der Waals surface area contributed by atoms with Crippen molar-refractivity contribution in [2.75, 3.05) is 49.1 Å². The van der Waals surface area contributed by atoms with Gasteiger partial charge in [-0.1, -0.05) is 0 Å². The first kappa shape index (κ1) is 16.7. The van der Waals surface area contributed by atoms with Gasteiger partial charge in [0.05, 0.1) is 11.8 Å². The molecule has 2 saturated heterocycles. The Morgan fingerprint density at radius 2 is 1.62 bits per heavy atom. The van der Waals surface area contributed by atoms with Gasteiger partial charge < -0.3 is 14.7 Å². The van der Waals surface area contributed by atoms with Crippen molar-refractivity contribution in [1.29, 1.82) is 0 Å². The molecule has 7 nitrogen and oxygen atoms in total. The van der Waals surface area contributed by atoms with Gasteiger partial charge in [-0.15, -0.1) is 0 Å². The van der Waals surface area contributed by atoms with Crippen molar-refractivity contribution in [2.45, 2.75) is 12.8 Å². The van der Waals surface area contributed by atoms with E-state index in [1.165, 1.54) is 25.1 Å². The molecule has 2 fully saturated rings. The molecule has 1 amide bonds. The number of piperazine rings is 1. The topological polar surface area (TPSA) is 65.5 Å². The summed E-state index contributed by atoms with van der Waals surface area (Å²) in [6, 6.07) is 3.45. The molecule has 8 heteroatoms. The minimum atomic E-state index is -0.578. The molecule has 2 aliphatic heterocycles. The van der Waals surface area contributed by atoms with Crippen molar-refractivity contribution in [3.63, 3.8) is 0 Å². The highest BCUT2D eigenvalue weighted by Gasteiger charge is 2.25. The van der Waals surface area contributed by atoms with E-state index in [9.17, 15) is 9.18 Å². The lowest BCUT2D eigenvalue weighted by Gasteiger charge is -2.35. The number of hydrogen-bond donors (Lipinski definition) is 0. The second-order valence-corrected chi connectivity index (χ2v) is 6.56. The number of hydrogen-bond acceptors (Lipinski definition) is 6. The normalized spacial score (nSPS) is 17.7. The van der Waals surface area contributed by atoms with Gasteiger partial charge in [0.15, 0.2) is 5.82 Å². The van der Waals surface area contributed by atoms with Gasteiger partial charge in [-0.05, 0) is 18.9 Å². The van der Waals surface area contributed by atoms with Gasteiger partial charge in [-0.2, -0.15) is 0 Å². The molecular formula is C18H21FN6O. The van der Waals surface area contributed by atoms with Gasteiger partial charge in [0.25, 0.3) is 5.91 Å². The summed E-state index contributed by atoms with van der Waals surface area (Å²) in [4.78, 5) is 31.1. The molecule has 26 heavy (non-hydrogen) atoms. The van der Waals surface area contributed by atoms with Crippen molar-refractivity contribution in [3.05, 3.63) is 42.2 Å². The number of aromatic nitrogens is 3. The molecule has 4 heterocycles. The van der Waals surface area contributed by atoms with Crippen LogP contribution in [0.15, 0.2) is 30.9 Å². The van der Waals surface area contributed by atoms with Crippen LogP contribution in [0.3, 0.4) is 0 Å². The maximum absolute atomic E-state index is 13.8. The molecule has 0 radical (unpaired) electrons. The highest BCUT2D eigenvalue weighted by atomic mass is 19.1. The van der Waals surface area contributed by atoms with Crippen LogP contribution in [0, 0.1) is 5.82 Å². The van der Waals surface area contributed by atoms with E-state index >= 15 is 0 Å². The zero-order chi connectivity index (χ0) is 17.9. The van der Waals surface area contributed by atoms with E-state index in [0.717, 1.165) is 30.9 Å². The van der Waals surface area contributed by atoms with E-state index in [1.807, 2.05) is 6.07 Å². The van der Waals surface area contributed by atoms with Crippen LogP contribution in [-0.2, 0) is 0 Å². The van der Waals surface area contributed by atoms with Crippen molar-refractivity contribution in [3.8, 4) is 0 Å². The Morgan fingerprint density at radius 3 is 2.27 bits per heavy atom. The lowest BCUT2D eigenvalue weighted by Crippen LogP contribution is -2.49. The molecule has 0 aliphatic carbocycles. The molecule has 0 aromatic carbocycles. The van der Waals surface area contributed by atoms with E-state index in [0.29, 0.717) is 26.2 Å². The van der Waals surface area contributed by atoms with Crippen LogP contribution in [0.25, 0.3) is 0 Å². The summed E-state index contributed by atoms with van der Waals surface area (Å²) in [5, 5.41) is 0. The Bertz CT molecular complexity index is 787. The third-order valence-electron chi connectivity index (χ3n) is 4.96. The van der Waals surface area contributed by atoms with Crippen molar-refractivity contribution < 1.29 is 9.18 Å². The van der Waals surface area contributed by atoms with Crippen LogP contribution in [0.4, 0.5) is 16.0 Å². The third-order valence-corrected chi connectivity index (χ3v) is 4.96. The molecular weight excluding hydrogens is 335 g/mol. The molecule has 0 N–H and O–H groups in total. The Balaban J connectivity index is 1.41. The molecule has 0 unspecified atom stereocenters. The standard InChI is InChI=1S/C18H21FN6O/c19-15-12-20-4-3-14(15)18(26)25-9-7-24(8-10-25)17-11-16(21-13-22-17)23-5-1-2-6-23/h3-4,11-13H,1-2,5-10H2. The Morgan fingerprint density at radius 1 is 0.962 bits per heavy atom. The smallest absolute Gasteiger partial charge is 0.257 e. The van der Waals surface area contributed by atoms with Gasteiger partial charge in [-0.25, -0.2) is 14.4 Å². The van der Waals surface area contributed by atoms with Crippen molar-refractivity contribution in [1.82, 2.24) is 19.9 Å². The summed E-state index contributed by atoms with van der Waals surface area (Å²) in [7, 11) is 0. The summed E-state index contributed by atoms with van der Waals surface area (Å²) in [6.45, 7) is 4.46. The van der Waals surface area contributed by atoms with Crippen LogP contribution in [-0.4, -0.2) is 65.0 Å². The van der Waals surface area contributed by atoms with Crippen molar-refractivity contribution in [2.24, 2.45) is 0 Å². The maximum Gasteiger partial charge on any atom is 0.257 e. The quantitative estimate of drug-likeness (QED) is 0.832. The molecule has 0 bridgehead atoms. The van der Waals surface area contributed by atoms with Crippen LogP contribution in [0.5, 0.6) is 0 Å². The summed E-state index contributed by atoms with van der Waals surface area (Å²) in [5.74, 6) is 0.977. The fraction of sp³-hybridized carbons (Fsp3) is 0.444. The number of nitrogens with zero attached hydrogens (tertiary/aromatic N) is 6. The largest absolute Gasteiger partial charge is 0.356 e. The first-order valence-corrected chi connectivity index (χ1v) is 8.93. The summed E-state index contributed by atoms with van der Waals surface area (Å²) in [5.41, 5.74) is 0.0757. The SMILES string of the molecule is O=C(c1ccncc1F)N1CCN(c2cc(N3CCCC3)ncn2)CC1. The first-order chi connectivity index (χ1) is 12.7. The van der Waals surface area contributed by atoms with Crippen LogP contribution >= 0.6 is 0 Å². The first-order valence-electron chi connectivity index (χ1n) is 8.93. The number of carbonyl (C=O) groups excluding carboxylic acids is 1. The number of anilines is 2. The molecule has 0 spiro atoms. The second kappa shape index (κ2) is 7.23. The van der Waals surface area contributed by atoms with Crippen LogP contribution in [0.2, 0.25) is 0 Å². The minimum Gasteiger partial charge on any atom is -0.356 e. The van der Waals surface area contributed by atoms with Crippen LogP contribution < -0.4 is 9.80 Å². The van der Waals surface area contributed by atoms with E-state index in [2.05, 4.69) is 24.8 Å². The second-order valence-electron chi connectivity index (χ2n) is 6.56.